The van der Waals surface area contributed by atoms with E-state index in [0.717, 1.165) is 23.3 Å². The van der Waals surface area contributed by atoms with Crippen molar-refractivity contribution in [3.63, 3.8) is 0 Å². The van der Waals surface area contributed by atoms with E-state index in [0.29, 0.717) is 0 Å². The zero-order valence-electron chi connectivity index (χ0n) is 13.7. The van der Waals surface area contributed by atoms with Crippen molar-refractivity contribution in [1.29, 1.82) is 5.26 Å². The van der Waals surface area contributed by atoms with Gasteiger partial charge in [-0.2, -0.15) is 18.4 Å². The summed E-state index contributed by atoms with van der Waals surface area (Å²) < 4.78 is 39.2. The minimum Gasteiger partial charge on any atom is -0.373 e. The average molecular weight is 352 g/mol. The minimum absolute atomic E-state index is 0.153. The molecule has 0 spiro atoms. The van der Waals surface area contributed by atoms with Crippen molar-refractivity contribution in [2.45, 2.75) is 12.2 Å². The Kier molecular flexibility index (Phi) is 4.94. The summed E-state index contributed by atoms with van der Waals surface area (Å²) in [6, 6.07) is 23.4. The highest BCUT2D eigenvalue weighted by Gasteiger charge is 2.31. The van der Waals surface area contributed by atoms with Crippen LogP contribution in [0.15, 0.2) is 78.9 Å². The van der Waals surface area contributed by atoms with Gasteiger partial charge in [0, 0.05) is 0 Å². The van der Waals surface area contributed by atoms with E-state index in [9.17, 15) is 18.4 Å². The lowest BCUT2D eigenvalue weighted by Gasteiger charge is -2.22. The second-order valence-corrected chi connectivity index (χ2v) is 5.77. The number of rotatable bonds is 4. The number of nitrogens with zero attached hydrogens (tertiary/aromatic N) is 1. The summed E-state index contributed by atoms with van der Waals surface area (Å²) in [6.45, 7) is 0. The van der Waals surface area contributed by atoms with Gasteiger partial charge in [-0.15, -0.1) is 0 Å². The molecule has 130 valence electrons. The van der Waals surface area contributed by atoms with Gasteiger partial charge in [-0.1, -0.05) is 60.7 Å². The van der Waals surface area contributed by atoms with Gasteiger partial charge in [-0.3, -0.25) is 0 Å². The Morgan fingerprint density at radius 1 is 0.808 bits per heavy atom. The third-order valence-corrected chi connectivity index (χ3v) is 4.03. The summed E-state index contributed by atoms with van der Waals surface area (Å²) in [7, 11) is 0. The molecule has 26 heavy (non-hydrogen) atoms. The Balaban J connectivity index is 2.06. The van der Waals surface area contributed by atoms with Crippen molar-refractivity contribution in [2.24, 2.45) is 0 Å². The van der Waals surface area contributed by atoms with Gasteiger partial charge in [0.05, 0.1) is 22.9 Å². The van der Waals surface area contributed by atoms with E-state index < -0.39 is 11.7 Å². The second kappa shape index (κ2) is 7.32. The molecule has 0 heterocycles. The molecule has 0 aliphatic heterocycles. The topological polar surface area (TPSA) is 35.8 Å². The van der Waals surface area contributed by atoms with Gasteiger partial charge >= 0.3 is 6.18 Å². The van der Waals surface area contributed by atoms with Gasteiger partial charge in [0.1, 0.15) is 6.07 Å². The van der Waals surface area contributed by atoms with E-state index in [1.807, 2.05) is 66.7 Å². The molecule has 0 saturated carbocycles. The molecule has 0 saturated heterocycles. The molecule has 0 amide bonds. The smallest absolute Gasteiger partial charge is 0.373 e. The molecule has 0 atom stereocenters. The number of hydrogen-bond acceptors (Lipinski definition) is 2. The summed E-state index contributed by atoms with van der Waals surface area (Å²) in [6.07, 6.45) is -4.47. The van der Waals surface area contributed by atoms with E-state index in [1.54, 1.807) is 0 Å². The first-order valence-corrected chi connectivity index (χ1v) is 7.97. The first-order valence-electron chi connectivity index (χ1n) is 7.97. The third-order valence-electron chi connectivity index (χ3n) is 4.03. The minimum atomic E-state index is -4.47. The Morgan fingerprint density at radius 3 is 1.81 bits per heavy atom. The van der Waals surface area contributed by atoms with Gasteiger partial charge in [-0.05, 0) is 29.3 Å². The summed E-state index contributed by atoms with van der Waals surface area (Å²) in [5.74, 6) is 0. The Hall–Kier alpha value is -3.26. The SMILES string of the molecule is N#Cc1ccc(C(F)(F)F)cc1NC(c1ccccc1)c1ccccc1. The summed E-state index contributed by atoms with van der Waals surface area (Å²) >= 11 is 0. The fourth-order valence-electron chi connectivity index (χ4n) is 2.74. The van der Waals surface area contributed by atoms with E-state index in [2.05, 4.69) is 5.32 Å². The largest absolute Gasteiger partial charge is 0.416 e. The Bertz CT molecular complexity index is 874. The molecule has 3 aromatic rings. The lowest BCUT2D eigenvalue weighted by molar-refractivity contribution is -0.137. The molecule has 3 rings (SSSR count). The van der Waals surface area contributed by atoms with Crippen LogP contribution in [-0.4, -0.2) is 0 Å². The molecule has 5 heteroatoms. The summed E-state index contributed by atoms with van der Waals surface area (Å²) in [5, 5.41) is 12.4. The molecular formula is C21H15F3N2. The molecule has 3 aromatic carbocycles. The number of hydrogen-bond donors (Lipinski definition) is 1. The van der Waals surface area contributed by atoms with Crippen LogP contribution in [0.1, 0.15) is 28.3 Å². The molecule has 0 aromatic heterocycles. The van der Waals surface area contributed by atoms with Crippen molar-refractivity contribution in [1.82, 2.24) is 0 Å². The molecule has 0 fully saturated rings. The number of benzene rings is 3. The van der Waals surface area contributed by atoms with Crippen LogP contribution >= 0.6 is 0 Å². The average Bonchev–Trinajstić information content (AvgIpc) is 2.66. The van der Waals surface area contributed by atoms with Crippen molar-refractivity contribution in [3.8, 4) is 6.07 Å². The second-order valence-electron chi connectivity index (χ2n) is 5.77. The van der Waals surface area contributed by atoms with Crippen molar-refractivity contribution >= 4 is 5.69 Å². The first kappa shape index (κ1) is 17.6. The van der Waals surface area contributed by atoms with Gasteiger partial charge in [0.25, 0.3) is 0 Å². The van der Waals surface area contributed by atoms with Crippen LogP contribution < -0.4 is 5.32 Å². The van der Waals surface area contributed by atoms with Crippen molar-refractivity contribution in [2.75, 3.05) is 5.32 Å². The molecule has 2 nitrogen and oxygen atoms in total. The first-order chi connectivity index (χ1) is 12.5. The molecule has 1 N–H and O–H groups in total. The molecule has 0 unspecified atom stereocenters. The van der Waals surface area contributed by atoms with Gasteiger partial charge in [0.15, 0.2) is 0 Å². The highest BCUT2D eigenvalue weighted by molar-refractivity contribution is 5.61. The fraction of sp³-hybridized carbons (Fsp3) is 0.0952. The Labute approximate surface area is 149 Å². The van der Waals surface area contributed by atoms with Crippen LogP contribution in [-0.2, 0) is 6.18 Å². The highest BCUT2D eigenvalue weighted by atomic mass is 19.4. The van der Waals surface area contributed by atoms with Gasteiger partial charge in [-0.25, -0.2) is 0 Å². The van der Waals surface area contributed by atoms with E-state index in [1.165, 1.54) is 6.07 Å². The zero-order valence-corrected chi connectivity index (χ0v) is 13.7. The quantitative estimate of drug-likeness (QED) is 0.646. The molecular weight excluding hydrogens is 337 g/mol. The van der Waals surface area contributed by atoms with Crippen LogP contribution in [0.3, 0.4) is 0 Å². The van der Waals surface area contributed by atoms with E-state index >= 15 is 0 Å². The third kappa shape index (κ3) is 3.86. The number of nitriles is 1. The van der Waals surface area contributed by atoms with Gasteiger partial charge in [0.2, 0.25) is 0 Å². The Morgan fingerprint density at radius 2 is 1.35 bits per heavy atom. The maximum Gasteiger partial charge on any atom is 0.416 e. The fourth-order valence-corrected chi connectivity index (χ4v) is 2.74. The van der Waals surface area contributed by atoms with Crippen LogP contribution in [0.5, 0.6) is 0 Å². The zero-order chi connectivity index (χ0) is 18.6. The summed E-state index contributed by atoms with van der Waals surface area (Å²) in [4.78, 5) is 0. The van der Waals surface area contributed by atoms with Crippen molar-refractivity contribution < 1.29 is 13.2 Å². The maximum atomic E-state index is 13.1. The predicted molar refractivity (Wildman–Crippen MR) is 94.5 cm³/mol. The number of halogens is 3. The van der Waals surface area contributed by atoms with Crippen LogP contribution in [0.4, 0.5) is 18.9 Å². The summed E-state index contributed by atoms with van der Waals surface area (Å²) in [5.41, 5.74) is 1.30. The maximum absolute atomic E-state index is 13.1. The molecule has 0 bridgehead atoms. The molecule has 0 aliphatic rings. The molecule has 0 radical (unpaired) electrons. The predicted octanol–water partition coefficient (Wildman–Crippen LogP) is 5.78. The lowest BCUT2D eigenvalue weighted by atomic mass is 9.97. The standard InChI is InChI=1S/C21H15F3N2/c22-21(23,24)18-12-11-17(14-25)19(13-18)26-20(15-7-3-1-4-8-15)16-9-5-2-6-10-16/h1-13,20,26H. The van der Waals surface area contributed by atoms with Crippen LogP contribution in [0.2, 0.25) is 0 Å². The highest BCUT2D eigenvalue weighted by Crippen LogP contribution is 2.34. The van der Waals surface area contributed by atoms with E-state index in [4.69, 9.17) is 0 Å². The lowest BCUT2D eigenvalue weighted by Crippen LogP contribution is -2.14. The monoisotopic (exact) mass is 352 g/mol. The van der Waals surface area contributed by atoms with E-state index in [-0.39, 0.29) is 17.3 Å². The number of anilines is 1. The van der Waals surface area contributed by atoms with Crippen LogP contribution in [0.25, 0.3) is 0 Å². The normalized spacial score (nSPS) is 11.2. The van der Waals surface area contributed by atoms with Crippen LogP contribution in [0, 0.1) is 11.3 Å². The van der Waals surface area contributed by atoms with Gasteiger partial charge < -0.3 is 5.32 Å². The molecule has 0 aliphatic carbocycles. The number of nitrogens with one attached hydrogen (secondary N) is 1. The number of alkyl halides is 3. The van der Waals surface area contributed by atoms with Crippen molar-refractivity contribution in [3.05, 3.63) is 101 Å².